The quantitative estimate of drug-likeness (QED) is 0.823. The van der Waals surface area contributed by atoms with Gasteiger partial charge in [0, 0.05) is 25.7 Å². The van der Waals surface area contributed by atoms with E-state index in [4.69, 9.17) is 0 Å². The highest BCUT2D eigenvalue weighted by molar-refractivity contribution is 7.89. The lowest BCUT2D eigenvalue weighted by molar-refractivity contribution is -0.116. The SMILES string of the molecule is CC(=O)N(CCNS(=O)(=O)c1ccc(C)c(C)c1)c1c(C)cc(C)cc1C. The number of benzene rings is 2. The summed E-state index contributed by atoms with van der Waals surface area (Å²) in [6.07, 6.45) is 0. The van der Waals surface area contributed by atoms with Crippen LogP contribution in [-0.4, -0.2) is 27.4 Å². The molecule has 2 aromatic rings. The van der Waals surface area contributed by atoms with Gasteiger partial charge in [-0.1, -0.05) is 23.8 Å². The van der Waals surface area contributed by atoms with Crippen LogP contribution in [0, 0.1) is 34.6 Å². The molecule has 0 bridgehead atoms. The lowest BCUT2D eigenvalue weighted by atomic mass is 10.0. The maximum absolute atomic E-state index is 12.5. The Morgan fingerprint density at radius 1 is 0.926 bits per heavy atom. The highest BCUT2D eigenvalue weighted by Crippen LogP contribution is 2.26. The van der Waals surface area contributed by atoms with E-state index < -0.39 is 10.0 Å². The van der Waals surface area contributed by atoms with Crippen LogP contribution in [0.25, 0.3) is 0 Å². The number of anilines is 1. The minimum atomic E-state index is -3.62. The lowest BCUT2D eigenvalue weighted by Crippen LogP contribution is -2.38. The highest BCUT2D eigenvalue weighted by Gasteiger charge is 2.19. The summed E-state index contributed by atoms with van der Waals surface area (Å²) in [5, 5.41) is 0. The number of nitrogens with one attached hydrogen (secondary N) is 1. The first-order chi connectivity index (χ1) is 12.5. The van der Waals surface area contributed by atoms with Crippen molar-refractivity contribution in [2.75, 3.05) is 18.0 Å². The molecule has 0 saturated carbocycles. The fourth-order valence-electron chi connectivity index (χ4n) is 3.28. The molecule has 0 heterocycles. The van der Waals surface area contributed by atoms with Gasteiger partial charge >= 0.3 is 0 Å². The molecule has 0 atom stereocenters. The van der Waals surface area contributed by atoms with Crippen LogP contribution in [0.4, 0.5) is 5.69 Å². The number of nitrogens with zero attached hydrogens (tertiary/aromatic N) is 1. The van der Waals surface area contributed by atoms with Crippen molar-refractivity contribution in [2.45, 2.75) is 46.4 Å². The van der Waals surface area contributed by atoms with E-state index in [9.17, 15) is 13.2 Å². The van der Waals surface area contributed by atoms with Crippen LogP contribution in [0.1, 0.15) is 34.7 Å². The van der Waals surface area contributed by atoms with Gasteiger partial charge in [0.15, 0.2) is 0 Å². The van der Waals surface area contributed by atoms with E-state index in [0.717, 1.165) is 33.5 Å². The summed E-state index contributed by atoms with van der Waals surface area (Å²) in [6.45, 7) is 11.7. The van der Waals surface area contributed by atoms with Crippen LogP contribution in [0.2, 0.25) is 0 Å². The maximum atomic E-state index is 12.5. The van der Waals surface area contributed by atoms with Gasteiger partial charge in [-0.25, -0.2) is 13.1 Å². The van der Waals surface area contributed by atoms with E-state index in [1.165, 1.54) is 6.92 Å². The molecule has 0 saturated heterocycles. The minimum Gasteiger partial charge on any atom is -0.311 e. The zero-order chi connectivity index (χ0) is 20.4. The first-order valence-corrected chi connectivity index (χ1v) is 10.4. The number of carbonyl (C=O) groups is 1. The third-order valence-electron chi connectivity index (χ3n) is 4.70. The van der Waals surface area contributed by atoms with Crippen LogP contribution in [0.3, 0.4) is 0 Å². The smallest absolute Gasteiger partial charge is 0.240 e. The predicted octanol–water partition coefficient (Wildman–Crippen LogP) is 3.56. The average molecular weight is 389 g/mol. The third kappa shape index (κ3) is 4.96. The van der Waals surface area contributed by atoms with Gasteiger partial charge in [0.25, 0.3) is 0 Å². The fraction of sp³-hybridized carbons (Fsp3) is 0.381. The van der Waals surface area contributed by atoms with E-state index in [-0.39, 0.29) is 23.9 Å². The van der Waals surface area contributed by atoms with Crippen molar-refractivity contribution in [3.05, 3.63) is 58.1 Å². The normalized spacial score (nSPS) is 11.5. The molecule has 0 spiro atoms. The minimum absolute atomic E-state index is 0.115. The Bertz CT molecular complexity index is 942. The van der Waals surface area contributed by atoms with Crippen molar-refractivity contribution >= 4 is 21.6 Å². The van der Waals surface area contributed by atoms with Crippen LogP contribution in [0.15, 0.2) is 35.2 Å². The number of hydrogen-bond acceptors (Lipinski definition) is 3. The summed E-state index contributed by atoms with van der Waals surface area (Å²) in [4.78, 5) is 14.1. The second-order valence-corrected chi connectivity index (χ2v) is 8.83. The van der Waals surface area contributed by atoms with Crippen molar-refractivity contribution in [3.8, 4) is 0 Å². The van der Waals surface area contributed by atoms with Crippen molar-refractivity contribution < 1.29 is 13.2 Å². The van der Waals surface area contributed by atoms with Gasteiger partial charge in [-0.3, -0.25) is 4.79 Å². The molecule has 27 heavy (non-hydrogen) atoms. The Morgan fingerprint density at radius 2 is 1.52 bits per heavy atom. The summed E-state index contributed by atoms with van der Waals surface area (Å²) < 4.78 is 27.7. The third-order valence-corrected chi connectivity index (χ3v) is 6.16. The van der Waals surface area contributed by atoms with Gasteiger partial charge in [0.1, 0.15) is 0 Å². The fourth-order valence-corrected chi connectivity index (χ4v) is 4.39. The standard InChI is InChI=1S/C21H28N2O3S/c1-14-11-17(4)21(18(5)12-14)23(19(6)24)10-9-22-27(25,26)20-8-7-15(2)16(3)13-20/h7-8,11-13,22H,9-10H2,1-6H3. The molecule has 0 aliphatic heterocycles. The molecule has 6 heteroatoms. The van der Waals surface area contributed by atoms with Crippen LogP contribution >= 0.6 is 0 Å². The Hall–Kier alpha value is -2.18. The van der Waals surface area contributed by atoms with E-state index in [0.29, 0.717) is 0 Å². The van der Waals surface area contributed by atoms with Crippen molar-refractivity contribution in [3.63, 3.8) is 0 Å². The molecule has 0 radical (unpaired) electrons. The summed E-state index contributed by atoms with van der Waals surface area (Å²) in [5.74, 6) is -0.115. The first kappa shape index (κ1) is 21.1. The molecule has 1 amide bonds. The number of rotatable bonds is 6. The van der Waals surface area contributed by atoms with E-state index >= 15 is 0 Å². The number of amides is 1. The number of aryl methyl sites for hydroxylation is 5. The van der Waals surface area contributed by atoms with Crippen LogP contribution in [-0.2, 0) is 14.8 Å². The zero-order valence-electron chi connectivity index (χ0n) is 16.9. The predicted molar refractivity (Wildman–Crippen MR) is 110 cm³/mol. The molecule has 0 fully saturated rings. The average Bonchev–Trinajstić information content (AvgIpc) is 2.54. The monoisotopic (exact) mass is 388 g/mol. The number of sulfonamides is 1. The molecule has 0 aliphatic rings. The van der Waals surface area contributed by atoms with E-state index in [2.05, 4.69) is 4.72 Å². The van der Waals surface area contributed by atoms with Crippen molar-refractivity contribution in [1.29, 1.82) is 0 Å². The topological polar surface area (TPSA) is 66.5 Å². The van der Waals surface area contributed by atoms with E-state index in [1.807, 2.05) is 46.8 Å². The summed E-state index contributed by atoms with van der Waals surface area (Å²) in [7, 11) is -3.62. The van der Waals surface area contributed by atoms with Gasteiger partial charge < -0.3 is 4.90 Å². The molecule has 146 valence electrons. The molecular weight excluding hydrogens is 360 g/mol. The van der Waals surface area contributed by atoms with Gasteiger partial charge in [-0.15, -0.1) is 0 Å². The number of carbonyl (C=O) groups excluding carboxylic acids is 1. The molecule has 2 rings (SSSR count). The second kappa shape index (κ2) is 8.23. The molecule has 2 aromatic carbocycles. The van der Waals surface area contributed by atoms with Crippen molar-refractivity contribution in [1.82, 2.24) is 4.72 Å². The lowest BCUT2D eigenvalue weighted by Gasteiger charge is -2.25. The Labute approximate surface area is 162 Å². The first-order valence-electron chi connectivity index (χ1n) is 8.96. The summed E-state index contributed by atoms with van der Waals surface area (Å²) in [6, 6.07) is 9.11. The highest BCUT2D eigenvalue weighted by atomic mass is 32.2. The second-order valence-electron chi connectivity index (χ2n) is 7.06. The molecular formula is C21H28N2O3S. The zero-order valence-corrected chi connectivity index (χ0v) is 17.7. The number of hydrogen-bond donors (Lipinski definition) is 1. The van der Waals surface area contributed by atoms with Gasteiger partial charge in [-0.2, -0.15) is 0 Å². The Kier molecular flexibility index (Phi) is 6.44. The van der Waals surface area contributed by atoms with Gasteiger partial charge in [-0.05, 0) is 69.0 Å². The Morgan fingerprint density at radius 3 is 2.04 bits per heavy atom. The molecule has 0 unspecified atom stereocenters. The van der Waals surface area contributed by atoms with Crippen LogP contribution in [0.5, 0.6) is 0 Å². The maximum Gasteiger partial charge on any atom is 0.240 e. The Balaban J connectivity index is 2.18. The molecule has 1 N–H and O–H groups in total. The molecule has 0 aromatic heterocycles. The van der Waals surface area contributed by atoms with Gasteiger partial charge in [0.2, 0.25) is 15.9 Å². The van der Waals surface area contributed by atoms with Crippen LogP contribution < -0.4 is 9.62 Å². The summed E-state index contributed by atoms with van der Waals surface area (Å²) >= 11 is 0. The van der Waals surface area contributed by atoms with E-state index in [1.54, 1.807) is 23.1 Å². The largest absolute Gasteiger partial charge is 0.311 e. The van der Waals surface area contributed by atoms with Gasteiger partial charge in [0.05, 0.1) is 4.90 Å². The molecule has 5 nitrogen and oxygen atoms in total. The van der Waals surface area contributed by atoms with Crippen molar-refractivity contribution in [2.24, 2.45) is 0 Å². The summed E-state index contributed by atoms with van der Waals surface area (Å²) in [5.41, 5.74) is 5.95. The molecule has 0 aliphatic carbocycles.